The van der Waals surface area contributed by atoms with Gasteiger partial charge >= 0.3 is 103 Å². The van der Waals surface area contributed by atoms with Crippen LogP contribution in [0.1, 0.15) is 45.4 Å². The van der Waals surface area contributed by atoms with Crippen LogP contribution in [0.15, 0.2) is 0 Å². The first-order chi connectivity index (χ1) is 7.14. The van der Waals surface area contributed by atoms with Crippen LogP contribution in [-0.2, 0) is 0 Å². The summed E-state index contributed by atoms with van der Waals surface area (Å²) in [4.78, 5) is 0. The van der Waals surface area contributed by atoms with Gasteiger partial charge in [-0.3, -0.25) is 0 Å². The van der Waals surface area contributed by atoms with Gasteiger partial charge in [-0.2, -0.15) is 0 Å². The molecule has 0 bridgehead atoms. The Labute approximate surface area is 103 Å². The Hall–Kier alpha value is 0.650. The summed E-state index contributed by atoms with van der Waals surface area (Å²) in [7, 11) is 0. The molecule has 2 rings (SSSR count). The molecule has 1 saturated carbocycles. The number of aliphatic hydroxyl groups is 1. The average molecular weight is 326 g/mol. The van der Waals surface area contributed by atoms with E-state index in [0.717, 1.165) is 26.1 Å². The second-order valence-electron chi connectivity index (χ2n) is 5.25. The molecule has 1 saturated heterocycles. The fourth-order valence-corrected chi connectivity index (χ4v) is 7.67. The minimum atomic E-state index is -0.365. The predicted molar refractivity (Wildman–Crippen MR) is 57.9 cm³/mol. The molecule has 0 radical (unpaired) electrons. The van der Waals surface area contributed by atoms with Crippen molar-refractivity contribution in [3.8, 4) is 0 Å². The second kappa shape index (κ2) is 4.88. The molecule has 2 nitrogen and oxygen atoms in total. The van der Waals surface area contributed by atoms with Gasteiger partial charge in [-0.05, 0) is 0 Å². The van der Waals surface area contributed by atoms with Gasteiger partial charge in [0, 0.05) is 0 Å². The van der Waals surface area contributed by atoms with Crippen LogP contribution in [0.3, 0.4) is 0 Å². The Kier molecular flexibility index (Phi) is 3.94. The molecule has 0 aromatic heterocycles. The summed E-state index contributed by atoms with van der Waals surface area (Å²) in [5, 5.41) is 16.4. The van der Waals surface area contributed by atoms with Crippen molar-refractivity contribution in [1.29, 1.82) is 0 Å². The fourth-order valence-electron chi connectivity index (χ4n) is 2.62. The van der Waals surface area contributed by atoms with E-state index in [9.17, 15) is 5.11 Å². The van der Waals surface area contributed by atoms with Crippen LogP contribution < -0.4 is 21.2 Å². The summed E-state index contributed by atoms with van der Waals surface area (Å²) in [6.45, 7) is 2.68. The van der Waals surface area contributed by atoms with E-state index in [0.29, 0.717) is 21.2 Å². The second-order valence-corrected chi connectivity index (χ2v) is 10.1. The molecule has 3 heteroatoms. The summed E-state index contributed by atoms with van der Waals surface area (Å²) < 4.78 is 1.83. The van der Waals surface area contributed by atoms with Crippen molar-refractivity contribution in [2.45, 2.75) is 58.9 Å². The molecular weight excluding hydrogens is 303 g/mol. The van der Waals surface area contributed by atoms with Crippen molar-refractivity contribution < 1.29 is 31.4 Å². The van der Waals surface area contributed by atoms with Crippen LogP contribution in [0, 0.1) is 5.92 Å². The average Bonchev–Trinajstić information content (AvgIpc) is 2.88. The zero-order chi connectivity index (χ0) is 10.9. The van der Waals surface area contributed by atoms with Crippen molar-refractivity contribution in [1.82, 2.24) is 0 Å². The van der Waals surface area contributed by atoms with Gasteiger partial charge in [-0.15, -0.1) is 0 Å². The molecule has 0 amide bonds. The molecule has 3 N–H and O–H groups in total. The quantitative estimate of drug-likeness (QED) is 0.364. The van der Waals surface area contributed by atoms with Crippen LogP contribution in [0.5, 0.6) is 0 Å². The van der Waals surface area contributed by atoms with E-state index >= 15 is 0 Å². The van der Waals surface area contributed by atoms with E-state index in [1.54, 1.807) is 0 Å². The number of hydrogen-bond acceptors (Lipinski definition) is 1. The topological polar surface area (TPSA) is 43.1 Å². The van der Waals surface area contributed by atoms with Crippen molar-refractivity contribution in [2.75, 3.05) is 6.61 Å². The molecule has 1 aliphatic carbocycles. The molecule has 1 heterocycles. The van der Waals surface area contributed by atoms with Crippen LogP contribution in [-0.4, -0.2) is 30.3 Å². The van der Waals surface area contributed by atoms with E-state index in [-0.39, 0.29) is 12.7 Å². The third-order valence-electron chi connectivity index (χ3n) is 3.86. The van der Waals surface area contributed by atoms with Crippen molar-refractivity contribution in [3.63, 3.8) is 0 Å². The third-order valence-corrected chi connectivity index (χ3v) is 8.73. The summed E-state index contributed by atoms with van der Waals surface area (Å²) in [6, 6.07) is 0. The van der Waals surface area contributed by atoms with E-state index in [1.165, 1.54) is 25.7 Å². The summed E-state index contributed by atoms with van der Waals surface area (Å²) in [6.07, 6.45) is 7.41. The maximum absolute atomic E-state index is 9.32. The third kappa shape index (κ3) is 3.07. The number of halogens is 1. The van der Waals surface area contributed by atoms with E-state index < -0.39 is 0 Å². The fraction of sp³-hybridized carbons (Fsp3) is 1.00. The van der Waals surface area contributed by atoms with E-state index in [4.69, 9.17) is 5.11 Å². The van der Waals surface area contributed by atoms with Crippen LogP contribution in [0.4, 0.5) is 0 Å². The van der Waals surface area contributed by atoms with Gasteiger partial charge in [-0.1, -0.05) is 0 Å². The maximum atomic E-state index is 9.32. The molecule has 0 spiro atoms. The van der Waals surface area contributed by atoms with Gasteiger partial charge in [0.2, 0.25) is 0 Å². The minimum absolute atomic E-state index is 0.180. The zero-order valence-electron chi connectivity index (χ0n) is 9.51. The first-order valence-corrected chi connectivity index (χ1v) is 8.44. The Morgan fingerprint density at radius 3 is 3.00 bits per heavy atom. The normalized spacial score (nSPS) is 41.5. The summed E-state index contributed by atoms with van der Waals surface area (Å²) in [5.41, 5.74) is 0. The van der Waals surface area contributed by atoms with Gasteiger partial charge in [-0.25, -0.2) is 0 Å². The first-order valence-electron chi connectivity index (χ1n) is 6.11. The van der Waals surface area contributed by atoms with Crippen molar-refractivity contribution in [3.05, 3.63) is 0 Å². The Morgan fingerprint density at radius 1 is 1.53 bits per heavy atom. The molecule has 2 fully saturated rings. The number of fused-ring (bicyclic) bond motifs is 1. The molecule has 1 aliphatic heterocycles. The molecule has 0 aromatic rings. The number of aliphatic hydroxyl groups excluding tert-OH is 1. The Balaban J connectivity index is 1.63. The monoisotopic (exact) mass is 326 g/mol. The number of hydrogen-bond donors (Lipinski definition) is 1. The van der Waals surface area contributed by atoms with E-state index in [2.05, 4.69) is 6.92 Å². The van der Waals surface area contributed by atoms with Crippen LogP contribution in [0.25, 0.3) is 0 Å². The van der Waals surface area contributed by atoms with Crippen LogP contribution in [0.2, 0.25) is 0 Å². The Bertz CT molecular complexity index is 222. The van der Waals surface area contributed by atoms with Gasteiger partial charge < -0.3 is 0 Å². The molecule has 15 heavy (non-hydrogen) atoms. The van der Waals surface area contributed by atoms with E-state index in [1.807, 2.05) is 0 Å². The van der Waals surface area contributed by atoms with Gasteiger partial charge in [0.05, 0.1) is 0 Å². The first kappa shape index (κ1) is 12.1. The number of rotatable bonds is 5. The van der Waals surface area contributed by atoms with Crippen LogP contribution >= 0.6 is 0 Å². The molecule has 2 aliphatic rings. The van der Waals surface area contributed by atoms with Crippen molar-refractivity contribution >= 4 is 0 Å². The summed E-state index contributed by atoms with van der Waals surface area (Å²) >= 11 is 0.411. The SMILES string of the molecule is CC12C[C@@H]1CCC(CCCC(O)C[OH2+])[I-]2. The Morgan fingerprint density at radius 2 is 2.33 bits per heavy atom. The molecule has 0 aromatic carbocycles. The predicted octanol–water partition coefficient (Wildman–Crippen LogP) is -1.73. The molecular formula is C12H23IO2. The zero-order valence-corrected chi connectivity index (χ0v) is 11.7. The molecule has 90 valence electrons. The van der Waals surface area contributed by atoms with Gasteiger partial charge in [0.1, 0.15) is 0 Å². The standard InChI is InChI=1S/C12H22IO2/c1-12-7-9(12)5-6-10(13-12)3-2-4-11(15)8-14/h9-11,14-15H,2-8H2,1H3/q-1/p+1/t9-,10?,11?,12?/m0/s1. The van der Waals surface area contributed by atoms with Crippen molar-refractivity contribution in [2.24, 2.45) is 5.92 Å². The van der Waals surface area contributed by atoms with Gasteiger partial charge in [0.25, 0.3) is 0 Å². The molecule has 3 unspecified atom stereocenters. The summed E-state index contributed by atoms with van der Waals surface area (Å²) in [5.74, 6) is 1.10. The molecule has 4 atom stereocenters. The number of alkyl halides is 2. The van der Waals surface area contributed by atoms with Gasteiger partial charge in [0.15, 0.2) is 0 Å².